The van der Waals surface area contributed by atoms with Crippen LogP contribution in [0.3, 0.4) is 0 Å². The van der Waals surface area contributed by atoms with Gasteiger partial charge in [-0.3, -0.25) is 0 Å². The molecular formula is C18H28ClNO. The molecule has 1 saturated carbocycles. The molecule has 21 heavy (non-hydrogen) atoms. The average Bonchev–Trinajstić information content (AvgIpc) is 2.45. The van der Waals surface area contributed by atoms with E-state index in [4.69, 9.17) is 16.3 Å². The highest BCUT2D eigenvalue weighted by Crippen LogP contribution is 2.34. The summed E-state index contributed by atoms with van der Waals surface area (Å²) in [5.41, 5.74) is 1.14. The molecule has 2 rings (SSSR count). The molecular weight excluding hydrogens is 282 g/mol. The summed E-state index contributed by atoms with van der Waals surface area (Å²) in [6.45, 7) is 7.88. The van der Waals surface area contributed by atoms with Gasteiger partial charge in [-0.05, 0) is 48.8 Å². The highest BCUT2D eigenvalue weighted by Gasteiger charge is 2.30. The Morgan fingerprint density at radius 3 is 2.76 bits per heavy atom. The molecule has 1 N–H and O–H groups in total. The number of methoxy groups -OCH3 is 1. The third kappa shape index (κ3) is 4.37. The van der Waals surface area contributed by atoms with E-state index in [-0.39, 0.29) is 0 Å². The molecule has 0 radical (unpaired) electrons. The number of hydrogen-bond donors (Lipinski definition) is 1. The maximum atomic E-state index is 6.11. The Hall–Kier alpha value is -0.730. The maximum Gasteiger partial charge on any atom is 0.123 e. The molecule has 0 saturated heterocycles. The monoisotopic (exact) mass is 309 g/mol. The van der Waals surface area contributed by atoms with Gasteiger partial charge in [-0.2, -0.15) is 0 Å². The van der Waals surface area contributed by atoms with E-state index < -0.39 is 0 Å². The summed E-state index contributed by atoms with van der Waals surface area (Å²) in [5.74, 6) is 3.23. The van der Waals surface area contributed by atoms with Crippen molar-refractivity contribution >= 4 is 11.6 Å². The van der Waals surface area contributed by atoms with Gasteiger partial charge in [-0.25, -0.2) is 0 Å². The molecule has 1 aromatic rings. The summed E-state index contributed by atoms with van der Waals surface area (Å²) in [7, 11) is 1.71. The van der Waals surface area contributed by atoms with E-state index in [9.17, 15) is 0 Å². The number of ether oxygens (including phenoxy) is 1. The van der Waals surface area contributed by atoms with E-state index in [2.05, 4.69) is 26.1 Å². The molecule has 0 spiro atoms. The Bertz CT molecular complexity index is 461. The minimum absolute atomic E-state index is 0.595. The number of hydrogen-bond acceptors (Lipinski definition) is 2. The summed E-state index contributed by atoms with van der Waals surface area (Å²) < 4.78 is 5.44. The van der Waals surface area contributed by atoms with Gasteiger partial charge in [-0.1, -0.05) is 38.8 Å². The summed E-state index contributed by atoms with van der Waals surface area (Å²) in [5, 5.41) is 4.53. The smallest absolute Gasteiger partial charge is 0.123 e. The predicted octanol–water partition coefficient (Wildman–Crippen LogP) is 4.90. The van der Waals surface area contributed by atoms with Crippen LogP contribution in [0.1, 0.15) is 45.6 Å². The lowest BCUT2D eigenvalue weighted by Gasteiger charge is -2.38. The van der Waals surface area contributed by atoms with Crippen molar-refractivity contribution < 1.29 is 4.74 Å². The third-order valence-corrected chi connectivity index (χ3v) is 5.05. The quantitative estimate of drug-likeness (QED) is 0.835. The van der Waals surface area contributed by atoms with Gasteiger partial charge in [0.15, 0.2) is 0 Å². The van der Waals surface area contributed by atoms with Crippen molar-refractivity contribution in [3.63, 3.8) is 0 Å². The highest BCUT2D eigenvalue weighted by molar-refractivity contribution is 6.30. The summed E-state index contributed by atoms with van der Waals surface area (Å²) in [6.07, 6.45) is 3.97. The van der Waals surface area contributed by atoms with Gasteiger partial charge in [0.2, 0.25) is 0 Å². The largest absolute Gasteiger partial charge is 0.496 e. The van der Waals surface area contributed by atoms with E-state index in [1.54, 1.807) is 7.11 Å². The van der Waals surface area contributed by atoms with Crippen molar-refractivity contribution in [2.75, 3.05) is 7.11 Å². The lowest BCUT2D eigenvalue weighted by Crippen LogP contribution is -2.42. The second-order valence-corrected chi connectivity index (χ2v) is 7.21. The van der Waals surface area contributed by atoms with Crippen LogP contribution in [-0.2, 0) is 6.54 Å². The third-order valence-electron chi connectivity index (χ3n) is 4.82. The van der Waals surface area contributed by atoms with E-state index >= 15 is 0 Å². The molecule has 0 bridgehead atoms. The van der Waals surface area contributed by atoms with Gasteiger partial charge in [0, 0.05) is 23.2 Å². The van der Waals surface area contributed by atoms with Crippen LogP contribution in [0.25, 0.3) is 0 Å². The first-order valence-corrected chi connectivity index (χ1v) is 8.44. The van der Waals surface area contributed by atoms with E-state index in [0.29, 0.717) is 6.04 Å². The van der Waals surface area contributed by atoms with Crippen LogP contribution in [0.2, 0.25) is 5.02 Å². The van der Waals surface area contributed by atoms with Crippen molar-refractivity contribution in [3.8, 4) is 5.75 Å². The minimum atomic E-state index is 0.595. The Kier molecular flexibility index (Phi) is 5.95. The average molecular weight is 310 g/mol. The van der Waals surface area contributed by atoms with Crippen LogP contribution >= 0.6 is 11.6 Å². The Labute approximate surface area is 134 Å². The second kappa shape index (κ2) is 7.51. The summed E-state index contributed by atoms with van der Waals surface area (Å²) in [6, 6.07) is 6.42. The Morgan fingerprint density at radius 2 is 2.10 bits per heavy atom. The van der Waals surface area contributed by atoms with Crippen molar-refractivity contribution in [3.05, 3.63) is 28.8 Å². The standard InChI is InChI=1S/C18H28ClNO/c1-12(2)16-7-5-13(3)9-17(16)20-11-14-10-15(19)6-8-18(14)21-4/h6,8,10,12-13,16-17,20H,5,7,9,11H2,1-4H3. The molecule has 3 atom stereocenters. The second-order valence-electron chi connectivity index (χ2n) is 6.77. The summed E-state index contributed by atoms with van der Waals surface area (Å²) >= 11 is 6.11. The molecule has 1 aromatic carbocycles. The van der Waals surface area contributed by atoms with Crippen molar-refractivity contribution in [2.24, 2.45) is 17.8 Å². The number of rotatable bonds is 5. The molecule has 0 aromatic heterocycles. The van der Waals surface area contributed by atoms with Crippen LogP contribution in [0.4, 0.5) is 0 Å². The number of nitrogens with one attached hydrogen (secondary N) is 1. The molecule has 0 amide bonds. The lowest BCUT2D eigenvalue weighted by molar-refractivity contribution is 0.169. The molecule has 1 fully saturated rings. The first-order valence-electron chi connectivity index (χ1n) is 8.07. The van der Waals surface area contributed by atoms with Crippen molar-refractivity contribution in [1.82, 2.24) is 5.32 Å². The van der Waals surface area contributed by atoms with Gasteiger partial charge < -0.3 is 10.1 Å². The highest BCUT2D eigenvalue weighted by atomic mass is 35.5. The van der Waals surface area contributed by atoms with Gasteiger partial charge >= 0.3 is 0 Å². The van der Waals surface area contributed by atoms with E-state index in [1.807, 2.05) is 18.2 Å². The van der Waals surface area contributed by atoms with Gasteiger partial charge in [0.05, 0.1) is 7.11 Å². The molecule has 1 aliphatic rings. The Morgan fingerprint density at radius 1 is 1.33 bits per heavy atom. The molecule has 2 nitrogen and oxygen atoms in total. The molecule has 3 heteroatoms. The number of halogens is 1. The summed E-state index contributed by atoms with van der Waals surface area (Å²) in [4.78, 5) is 0. The van der Waals surface area contributed by atoms with Crippen LogP contribution in [-0.4, -0.2) is 13.2 Å². The lowest BCUT2D eigenvalue weighted by atomic mass is 9.74. The molecule has 0 heterocycles. The SMILES string of the molecule is COc1ccc(Cl)cc1CNC1CC(C)CCC1C(C)C. The van der Waals surface area contributed by atoms with Gasteiger partial charge in [0.1, 0.15) is 5.75 Å². The van der Waals surface area contributed by atoms with Crippen LogP contribution in [0.5, 0.6) is 5.75 Å². The van der Waals surface area contributed by atoms with Crippen molar-refractivity contribution in [2.45, 2.75) is 52.6 Å². The van der Waals surface area contributed by atoms with E-state index in [0.717, 1.165) is 40.6 Å². The molecule has 0 aliphatic heterocycles. The topological polar surface area (TPSA) is 21.3 Å². The normalized spacial score (nSPS) is 26.1. The zero-order valence-electron chi connectivity index (χ0n) is 13.7. The van der Waals surface area contributed by atoms with Crippen LogP contribution in [0.15, 0.2) is 18.2 Å². The van der Waals surface area contributed by atoms with Crippen LogP contribution in [0, 0.1) is 17.8 Å². The van der Waals surface area contributed by atoms with Crippen LogP contribution < -0.4 is 10.1 Å². The van der Waals surface area contributed by atoms with Crippen molar-refractivity contribution in [1.29, 1.82) is 0 Å². The zero-order chi connectivity index (χ0) is 15.4. The number of benzene rings is 1. The van der Waals surface area contributed by atoms with E-state index in [1.165, 1.54) is 19.3 Å². The zero-order valence-corrected chi connectivity index (χ0v) is 14.4. The molecule has 1 aliphatic carbocycles. The molecule has 118 valence electrons. The van der Waals surface area contributed by atoms with Gasteiger partial charge in [-0.15, -0.1) is 0 Å². The first-order chi connectivity index (χ1) is 10.0. The Balaban J connectivity index is 2.04. The van der Waals surface area contributed by atoms with Gasteiger partial charge in [0.25, 0.3) is 0 Å². The molecule has 3 unspecified atom stereocenters. The maximum absolute atomic E-state index is 6.11. The fourth-order valence-electron chi connectivity index (χ4n) is 3.56. The predicted molar refractivity (Wildman–Crippen MR) is 90.0 cm³/mol. The fourth-order valence-corrected chi connectivity index (χ4v) is 3.76. The minimum Gasteiger partial charge on any atom is -0.496 e. The fraction of sp³-hybridized carbons (Fsp3) is 0.667. The first kappa shape index (κ1) is 16.6.